The van der Waals surface area contributed by atoms with Gasteiger partial charge in [-0.2, -0.15) is 0 Å². The molecule has 0 N–H and O–H groups in total. The summed E-state index contributed by atoms with van der Waals surface area (Å²) < 4.78 is 5.16. The molecule has 25 heavy (non-hydrogen) atoms. The Hall–Kier alpha value is -2.74. The molecule has 1 unspecified atom stereocenters. The number of imide groups is 1. The van der Waals surface area contributed by atoms with Crippen LogP contribution in [0.4, 0.5) is 0 Å². The van der Waals surface area contributed by atoms with Crippen LogP contribution in [0.3, 0.4) is 0 Å². The van der Waals surface area contributed by atoms with Crippen molar-refractivity contribution in [2.75, 3.05) is 26.3 Å². The molecule has 0 spiro atoms. The SMILES string of the molecule is O=C([O-])C(CCC(=O)N1CCOCC1)N1C(=O)c2ccccc2C1=O. The van der Waals surface area contributed by atoms with Gasteiger partial charge >= 0.3 is 0 Å². The molecule has 8 nitrogen and oxygen atoms in total. The average Bonchev–Trinajstić information content (AvgIpc) is 2.88. The van der Waals surface area contributed by atoms with Gasteiger partial charge in [0.15, 0.2) is 0 Å². The third-order valence-electron chi connectivity index (χ3n) is 4.40. The van der Waals surface area contributed by atoms with Crippen LogP contribution >= 0.6 is 0 Å². The Morgan fingerprint density at radius 2 is 1.64 bits per heavy atom. The Kier molecular flexibility index (Phi) is 4.80. The minimum Gasteiger partial charge on any atom is -0.548 e. The topological polar surface area (TPSA) is 107 Å². The highest BCUT2D eigenvalue weighted by molar-refractivity contribution is 6.22. The summed E-state index contributed by atoms with van der Waals surface area (Å²) in [5.41, 5.74) is 0.330. The van der Waals surface area contributed by atoms with Crippen molar-refractivity contribution < 1.29 is 29.0 Å². The van der Waals surface area contributed by atoms with E-state index in [9.17, 15) is 24.3 Å². The van der Waals surface area contributed by atoms with E-state index in [4.69, 9.17) is 4.74 Å². The standard InChI is InChI=1S/C17H18N2O6/c20-14(18-7-9-25-10-8-18)6-5-13(17(23)24)19-15(21)11-3-1-2-4-12(11)16(19)22/h1-4,13H,5-10H2,(H,23,24)/p-1. The fraction of sp³-hybridized carbons (Fsp3) is 0.412. The Bertz CT molecular complexity index is 691. The number of rotatable bonds is 5. The number of hydrogen-bond donors (Lipinski definition) is 0. The van der Waals surface area contributed by atoms with E-state index < -0.39 is 23.8 Å². The first-order chi connectivity index (χ1) is 12.0. The van der Waals surface area contributed by atoms with Gasteiger partial charge < -0.3 is 19.5 Å². The molecule has 1 fully saturated rings. The van der Waals surface area contributed by atoms with E-state index in [2.05, 4.69) is 0 Å². The molecule has 1 aromatic rings. The molecule has 0 radical (unpaired) electrons. The lowest BCUT2D eigenvalue weighted by Gasteiger charge is -2.30. The summed E-state index contributed by atoms with van der Waals surface area (Å²) in [7, 11) is 0. The van der Waals surface area contributed by atoms with Crippen molar-refractivity contribution in [2.45, 2.75) is 18.9 Å². The quantitative estimate of drug-likeness (QED) is 0.636. The molecule has 0 saturated carbocycles. The lowest BCUT2D eigenvalue weighted by molar-refractivity contribution is -0.310. The van der Waals surface area contributed by atoms with Crippen LogP contribution in [0.2, 0.25) is 0 Å². The maximum atomic E-state index is 12.4. The summed E-state index contributed by atoms with van der Waals surface area (Å²) in [6.45, 7) is 1.77. The zero-order valence-electron chi connectivity index (χ0n) is 13.5. The molecular weight excluding hydrogens is 328 g/mol. The molecule has 0 aliphatic carbocycles. The van der Waals surface area contributed by atoms with Gasteiger partial charge in [-0.05, 0) is 18.6 Å². The fourth-order valence-corrected chi connectivity index (χ4v) is 3.07. The first-order valence-electron chi connectivity index (χ1n) is 8.04. The smallest absolute Gasteiger partial charge is 0.262 e. The summed E-state index contributed by atoms with van der Waals surface area (Å²) in [5, 5.41) is 11.5. The van der Waals surface area contributed by atoms with E-state index >= 15 is 0 Å². The molecule has 1 aromatic carbocycles. The van der Waals surface area contributed by atoms with E-state index in [1.165, 1.54) is 12.1 Å². The maximum Gasteiger partial charge on any atom is 0.262 e. The second-order valence-electron chi connectivity index (χ2n) is 5.89. The Labute approximate surface area is 144 Å². The molecule has 8 heteroatoms. The zero-order valence-corrected chi connectivity index (χ0v) is 13.5. The predicted molar refractivity (Wildman–Crippen MR) is 82.4 cm³/mol. The van der Waals surface area contributed by atoms with Crippen LogP contribution in [0.25, 0.3) is 0 Å². The maximum absolute atomic E-state index is 12.4. The van der Waals surface area contributed by atoms with E-state index in [1.807, 2.05) is 0 Å². The van der Waals surface area contributed by atoms with Gasteiger partial charge in [-0.15, -0.1) is 0 Å². The summed E-state index contributed by atoms with van der Waals surface area (Å²) in [4.78, 5) is 50.8. The Morgan fingerprint density at radius 1 is 1.08 bits per heavy atom. The Morgan fingerprint density at radius 3 is 2.16 bits per heavy atom. The lowest BCUT2D eigenvalue weighted by Crippen LogP contribution is -2.51. The number of benzene rings is 1. The molecule has 132 valence electrons. The van der Waals surface area contributed by atoms with Crippen LogP contribution in [0.1, 0.15) is 33.6 Å². The van der Waals surface area contributed by atoms with Crippen molar-refractivity contribution in [3.8, 4) is 0 Å². The molecule has 0 aromatic heterocycles. The number of carboxylic acid groups (broad SMARTS) is 1. The first kappa shape index (κ1) is 17.1. The highest BCUT2D eigenvalue weighted by Gasteiger charge is 2.40. The Balaban J connectivity index is 1.72. The predicted octanol–water partition coefficient (Wildman–Crippen LogP) is -0.960. The first-order valence-corrected chi connectivity index (χ1v) is 8.04. The van der Waals surface area contributed by atoms with Crippen molar-refractivity contribution in [1.29, 1.82) is 0 Å². The summed E-state index contributed by atoms with van der Waals surface area (Å²) in [6, 6.07) is 4.67. The highest BCUT2D eigenvalue weighted by Crippen LogP contribution is 2.26. The van der Waals surface area contributed by atoms with Crippen LogP contribution in [0, 0.1) is 0 Å². The zero-order chi connectivity index (χ0) is 18.0. The van der Waals surface area contributed by atoms with Crippen LogP contribution in [0.5, 0.6) is 0 Å². The average molecular weight is 345 g/mol. The molecule has 0 bridgehead atoms. The summed E-state index contributed by atoms with van der Waals surface area (Å²) >= 11 is 0. The van der Waals surface area contributed by atoms with Crippen molar-refractivity contribution in [3.63, 3.8) is 0 Å². The van der Waals surface area contributed by atoms with Gasteiger partial charge in [-0.25, -0.2) is 0 Å². The summed E-state index contributed by atoms with van der Waals surface area (Å²) in [5.74, 6) is -3.13. The van der Waals surface area contributed by atoms with Crippen LogP contribution in [0.15, 0.2) is 24.3 Å². The van der Waals surface area contributed by atoms with Gasteiger partial charge in [-0.1, -0.05) is 12.1 Å². The third kappa shape index (κ3) is 3.25. The van der Waals surface area contributed by atoms with Gasteiger partial charge in [0.05, 0.1) is 36.4 Å². The van der Waals surface area contributed by atoms with E-state index in [0.717, 1.165) is 0 Å². The van der Waals surface area contributed by atoms with Crippen LogP contribution < -0.4 is 5.11 Å². The number of carbonyl (C=O) groups excluding carboxylic acids is 4. The fourth-order valence-electron chi connectivity index (χ4n) is 3.07. The minimum atomic E-state index is -1.55. The van der Waals surface area contributed by atoms with E-state index in [-0.39, 0.29) is 29.9 Å². The number of carboxylic acids is 1. The molecule has 3 rings (SSSR count). The van der Waals surface area contributed by atoms with Crippen LogP contribution in [-0.2, 0) is 14.3 Å². The third-order valence-corrected chi connectivity index (χ3v) is 4.40. The molecule has 3 amide bonds. The number of fused-ring (bicyclic) bond motifs is 1. The highest BCUT2D eigenvalue weighted by atomic mass is 16.5. The van der Waals surface area contributed by atoms with Crippen molar-refractivity contribution >= 4 is 23.7 Å². The molecule has 1 saturated heterocycles. The van der Waals surface area contributed by atoms with Gasteiger partial charge in [0.25, 0.3) is 11.8 Å². The number of nitrogens with zero attached hydrogens (tertiary/aromatic N) is 2. The van der Waals surface area contributed by atoms with Gasteiger partial charge in [0, 0.05) is 19.5 Å². The largest absolute Gasteiger partial charge is 0.548 e. The van der Waals surface area contributed by atoms with E-state index in [1.54, 1.807) is 17.0 Å². The second kappa shape index (κ2) is 7.02. The normalized spacial score (nSPS) is 18.2. The second-order valence-corrected chi connectivity index (χ2v) is 5.89. The molecule has 2 aliphatic rings. The van der Waals surface area contributed by atoms with Gasteiger partial charge in [-0.3, -0.25) is 19.3 Å². The molecular formula is C17H17N2O6-. The minimum absolute atomic E-state index is 0.0912. The van der Waals surface area contributed by atoms with Crippen molar-refractivity contribution in [2.24, 2.45) is 0 Å². The number of morpholine rings is 1. The number of hydrogen-bond acceptors (Lipinski definition) is 6. The monoisotopic (exact) mass is 345 g/mol. The lowest BCUT2D eigenvalue weighted by atomic mass is 10.1. The van der Waals surface area contributed by atoms with Crippen molar-refractivity contribution in [3.05, 3.63) is 35.4 Å². The summed E-state index contributed by atoms with van der Waals surface area (Å²) in [6.07, 6.45) is -0.268. The number of aliphatic carboxylic acids is 1. The number of ether oxygens (including phenoxy) is 1. The van der Waals surface area contributed by atoms with Crippen molar-refractivity contribution in [1.82, 2.24) is 9.80 Å². The van der Waals surface area contributed by atoms with E-state index in [0.29, 0.717) is 31.2 Å². The van der Waals surface area contributed by atoms with Gasteiger partial charge in [0.2, 0.25) is 5.91 Å². The van der Waals surface area contributed by atoms with Crippen LogP contribution in [-0.4, -0.2) is 65.8 Å². The molecule has 1 atom stereocenters. The van der Waals surface area contributed by atoms with Gasteiger partial charge in [0.1, 0.15) is 0 Å². The number of carbonyl (C=O) groups is 4. The number of amides is 3. The molecule has 2 aliphatic heterocycles. The molecule has 2 heterocycles.